The summed E-state index contributed by atoms with van der Waals surface area (Å²) in [6.45, 7) is 7.99. The molecule has 0 fully saturated rings. The molecule has 0 spiro atoms. The highest BCUT2D eigenvalue weighted by Gasteiger charge is 2.42. The standard InChI is InChI=1S/C16H21NO2/c1-16(2,3)17-15(12-7-5-4-6-8-12)13-11-18-10-9-14(13)19-17/h4-8,15H,9-11H2,1-3H3. The first kappa shape index (κ1) is 12.7. The maximum Gasteiger partial charge on any atom is 0.130 e. The van der Waals surface area contributed by atoms with Gasteiger partial charge in [0.05, 0.1) is 19.3 Å². The zero-order valence-corrected chi connectivity index (χ0v) is 11.8. The van der Waals surface area contributed by atoms with Crippen LogP contribution in [0.2, 0.25) is 0 Å². The molecular weight excluding hydrogens is 238 g/mol. The Labute approximate surface area is 114 Å². The van der Waals surface area contributed by atoms with E-state index in [1.807, 2.05) is 6.07 Å². The van der Waals surface area contributed by atoms with Crippen molar-refractivity contribution in [3.63, 3.8) is 0 Å². The molecule has 1 aromatic rings. The molecule has 0 N–H and O–H groups in total. The van der Waals surface area contributed by atoms with Gasteiger partial charge in [0, 0.05) is 17.5 Å². The van der Waals surface area contributed by atoms with Crippen LogP contribution in [0.4, 0.5) is 0 Å². The van der Waals surface area contributed by atoms with Crippen LogP contribution in [0, 0.1) is 0 Å². The number of ether oxygens (including phenoxy) is 1. The van der Waals surface area contributed by atoms with Crippen molar-refractivity contribution in [1.82, 2.24) is 5.06 Å². The van der Waals surface area contributed by atoms with Crippen molar-refractivity contribution >= 4 is 0 Å². The van der Waals surface area contributed by atoms with Gasteiger partial charge in [0.1, 0.15) is 5.76 Å². The first-order valence-corrected chi connectivity index (χ1v) is 6.89. The van der Waals surface area contributed by atoms with Gasteiger partial charge in [-0.3, -0.25) is 0 Å². The Balaban J connectivity index is 2.02. The SMILES string of the molecule is CC(C)(C)N1OC2=C(COCC2)C1c1ccccc1. The molecule has 1 unspecified atom stereocenters. The van der Waals surface area contributed by atoms with Crippen molar-refractivity contribution < 1.29 is 9.57 Å². The van der Waals surface area contributed by atoms with E-state index in [9.17, 15) is 0 Å². The lowest BCUT2D eigenvalue weighted by atomic mass is 9.94. The molecule has 3 heteroatoms. The Bertz CT molecular complexity index is 487. The minimum atomic E-state index is -0.0438. The van der Waals surface area contributed by atoms with Gasteiger partial charge in [0.15, 0.2) is 0 Å². The highest BCUT2D eigenvalue weighted by atomic mass is 16.7. The van der Waals surface area contributed by atoms with Crippen molar-refractivity contribution in [3.8, 4) is 0 Å². The molecule has 1 atom stereocenters. The first-order chi connectivity index (χ1) is 9.07. The van der Waals surface area contributed by atoms with Crippen LogP contribution in [-0.2, 0) is 9.57 Å². The van der Waals surface area contributed by atoms with Crippen LogP contribution in [0.15, 0.2) is 41.7 Å². The molecular formula is C16H21NO2. The Hall–Kier alpha value is -1.32. The Morgan fingerprint density at radius 2 is 1.89 bits per heavy atom. The summed E-state index contributed by atoms with van der Waals surface area (Å²) >= 11 is 0. The van der Waals surface area contributed by atoms with Gasteiger partial charge >= 0.3 is 0 Å². The summed E-state index contributed by atoms with van der Waals surface area (Å²) in [5, 5.41) is 2.11. The summed E-state index contributed by atoms with van der Waals surface area (Å²) < 4.78 is 5.63. The fourth-order valence-corrected chi connectivity index (χ4v) is 2.73. The van der Waals surface area contributed by atoms with Gasteiger partial charge in [-0.25, -0.2) is 0 Å². The molecule has 102 valence electrons. The molecule has 2 aliphatic heterocycles. The van der Waals surface area contributed by atoms with Crippen LogP contribution < -0.4 is 0 Å². The van der Waals surface area contributed by atoms with Crippen molar-refractivity contribution in [2.45, 2.75) is 38.8 Å². The molecule has 0 amide bonds. The second-order valence-electron chi connectivity index (χ2n) is 6.15. The molecule has 1 aromatic carbocycles. The van der Waals surface area contributed by atoms with E-state index in [0.29, 0.717) is 6.61 Å². The third-order valence-corrected chi connectivity index (χ3v) is 3.64. The second kappa shape index (κ2) is 4.66. The van der Waals surface area contributed by atoms with Gasteiger partial charge in [-0.2, -0.15) is 0 Å². The van der Waals surface area contributed by atoms with E-state index in [1.54, 1.807) is 0 Å². The molecule has 0 saturated heterocycles. The summed E-state index contributed by atoms with van der Waals surface area (Å²) in [5.74, 6) is 1.11. The molecule has 0 aliphatic carbocycles. The van der Waals surface area contributed by atoms with E-state index < -0.39 is 0 Å². The van der Waals surface area contributed by atoms with Gasteiger partial charge in [0.25, 0.3) is 0 Å². The van der Waals surface area contributed by atoms with E-state index >= 15 is 0 Å². The summed E-state index contributed by atoms with van der Waals surface area (Å²) in [5.41, 5.74) is 2.51. The Morgan fingerprint density at radius 3 is 2.58 bits per heavy atom. The topological polar surface area (TPSA) is 21.7 Å². The minimum Gasteiger partial charge on any atom is -0.409 e. The van der Waals surface area contributed by atoms with E-state index in [1.165, 1.54) is 11.1 Å². The summed E-state index contributed by atoms with van der Waals surface area (Å²) in [7, 11) is 0. The third kappa shape index (κ3) is 2.28. The van der Waals surface area contributed by atoms with Gasteiger partial charge in [-0.1, -0.05) is 30.3 Å². The summed E-state index contributed by atoms with van der Waals surface area (Å²) in [6, 6.07) is 10.7. The lowest BCUT2D eigenvalue weighted by molar-refractivity contribution is -0.180. The fourth-order valence-electron chi connectivity index (χ4n) is 2.73. The van der Waals surface area contributed by atoms with Crippen molar-refractivity contribution in [3.05, 3.63) is 47.2 Å². The van der Waals surface area contributed by atoms with E-state index in [2.05, 4.69) is 50.1 Å². The number of rotatable bonds is 1. The van der Waals surface area contributed by atoms with E-state index in [0.717, 1.165) is 18.8 Å². The van der Waals surface area contributed by atoms with Crippen LogP contribution in [0.25, 0.3) is 0 Å². The summed E-state index contributed by atoms with van der Waals surface area (Å²) in [6.07, 6.45) is 0.880. The van der Waals surface area contributed by atoms with Crippen molar-refractivity contribution in [2.24, 2.45) is 0 Å². The maximum absolute atomic E-state index is 6.13. The van der Waals surface area contributed by atoms with Gasteiger partial charge in [0.2, 0.25) is 0 Å². The van der Waals surface area contributed by atoms with Crippen LogP contribution in [0.3, 0.4) is 0 Å². The smallest absolute Gasteiger partial charge is 0.130 e. The molecule has 0 saturated carbocycles. The highest BCUT2D eigenvalue weighted by Crippen LogP contribution is 2.44. The average Bonchev–Trinajstić information content (AvgIpc) is 2.79. The number of hydrogen-bond acceptors (Lipinski definition) is 3. The largest absolute Gasteiger partial charge is 0.409 e. The molecule has 2 aliphatic rings. The predicted molar refractivity (Wildman–Crippen MR) is 74.3 cm³/mol. The van der Waals surface area contributed by atoms with Crippen LogP contribution in [-0.4, -0.2) is 23.8 Å². The zero-order chi connectivity index (χ0) is 13.5. The van der Waals surface area contributed by atoms with Gasteiger partial charge in [-0.05, 0) is 26.3 Å². The van der Waals surface area contributed by atoms with Crippen LogP contribution in [0.1, 0.15) is 38.8 Å². The first-order valence-electron chi connectivity index (χ1n) is 6.89. The Morgan fingerprint density at radius 1 is 1.16 bits per heavy atom. The molecule has 3 nitrogen and oxygen atoms in total. The molecule has 3 rings (SSSR count). The fraction of sp³-hybridized carbons (Fsp3) is 0.500. The number of benzene rings is 1. The number of hydroxylamine groups is 2. The third-order valence-electron chi connectivity index (χ3n) is 3.64. The minimum absolute atomic E-state index is 0.0438. The highest BCUT2D eigenvalue weighted by molar-refractivity contribution is 5.33. The van der Waals surface area contributed by atoms with Gasteiger partial charge in [-0.15, -0.1) is 5.06 Å². The normalized spacial score (nSPS) is 24.3. The van der Waals surface area contributed by atoms with Crippen LogP contribution >= 0.6 is 0 Å². The predicted octanol–water partition coefficient (Wildman–Crippen LogP) is 3.45. The lowest BCUT2D eigenvalue weighted by Gasteiger charge is -2.35. The van der Waals surface area contributed by atoms with Gasteiger partial charge < -0.3 is 9.57 Å². The molecule has 2 heterocycles. The van der Waals surface area contributed by atoms with Crippen LogP contribution in [0.5, 0.6) is 0 Å². The lowest BCUT2D eigenvalue weighted by Crippen LogP contribution is -2.41. The quantitative estimate of drug-likeness (QED) is 0.771. The summed E-state index contributed by atoms with van der Waals surface area (Å²) in [4.78, 5) is 6.13. The molecule has 0 aromatic heterocycles. The molecule has 0 radical (unpaired) electrons. The second-order valence-corrected chi connectivity index (χ2v) is 6.15. The molecule has 19 heavy (non-hydrogen) atoms. The average molecular weight is 259 g/mol. The zero-order valence-electron chi connectivity index (χ0n) is 11.8. The number of hydrogen-bond donors (Lipinski definition) is 0. The van der Waals surface area contributed by atoms with E-state index in [-0.39, 0.29) is 11.6 Å². The molecule has 0 bridgehead atoms. The Kier molecular flexibility index (Phi) is 3.11. The van der Waals surface area contributed by atoms with E-state index in [4.69, 9.17) is 9.57 Å². The maximum atomic E-state index is 6.13. The van der Waals surface area contributed by atoms with Crippen molar-refractivity contribution in [1.29, 1.82) is 0 Å². The number of nitrogens with zero attached hydrogens (tertiary/aromatic N) is 1. The van der Waals surface area contributed by atoms with Crippen molar-refractivity contribution in [2.75, 3.05) is 13.2 Å². The monoisotopic (exact) mass is 259 g/mol.